The molecule has 2 rings (SSSR count). The summed E-state index contributed by atoms with van der Waals surface area (Å²) >= 11 is 9.21. The van der Waals surface area contributed by atoms with Gasteiger partial charge in [0.15, 0.2) is 6.29 Å². The lowest BCUT2D eigenvalue weighted by atomic mass is 10.2. The minimum atomic E-state index is 0.462. The standard InChI is InChI=1S/C13H9BrClNO2/c1-8-4-9(7-17)6-16-13(8)18-12-3-2-10(15)5-11(12)14/h2-7H,1H3. The number of nitrogens with zero attached hydrogens (tertiary/aromatic N) is 1. The summed E-state index contributed by atoms with van der Waals surface area (Å²) in [5.74, 6) is 1.08. The summed E-state index contributed by atoms with van der Waals surface area (Å²) in [7, 11) is 0. The number of halogens is 2. The van der Waals surface area contributed by atoms with Crippen molar-refractivity contribution in [3.05, 3.63) is 51.1 Å². The van der Waals surface area contributed by atoms with Gasteiger partial charge in [0.2, 0.25) is 5.88 Å². The summed E-state index contributed by atoms with van der Waals surface area (Å²) in [6, 6.07) is 6.95. The van der Waals surface area contributed by atoms with Crippen molar-refractivity contribution in [1.82, 2.24) is 4.98 Å². The SMILES string of the molecule is Cc1cc(C=O)cnc1Oc1ccc(Cl)cc1Br. The summed E-state index contributed by atoms with van der Waals surface area (Å²) in [5.41, 5.74) is 1.32. The lowest BCUT2D eigenvalue weighted by Gasteiger charge is -2.09. The van der Waals surface area contributed by atoms with Gasteiger partial charge in [-0.05, 0) is 47.1 Å². The van der Waals surface area contributed by atoms with E-state index in [1.807, 2.05) is 6.92 Å². The number of carbonyl (C=O) groups is 1. The fourth-order valence-corrected chi connectivity index (χ4v) is 2.18. The van der Waals surface area contributed by atoms with Gasteiger partial charge in [0.05, 0.1) is 4.47 Å². The van der Waals surface area contributed by atoms with Crippen LogP contribution in [0.1, 0.15) is 15.9 Å². The van der Waals surface area contributed by atoms with Gasteiger partial charge in [0.1, 0.15) is 5.75 Å². The summed E-state index contributed by atoms with van der Waals surface area (Å²) in [4.78, 5) is 14.7. The Bertz CT molecular complexity index is 602. The van der Waals surface area contributed by atoms with Crippen molar-refractivity contribution >= 4 is 33.8 Å². The highest BCUT2D eigenvalue weighted by Crippen LogP contribution is 2.32. The molecule has 0 aliphatic carbocycles. The molecule has 0 atom stereocenters. The van der Waals surface area contributed by atoms with Crippen LogP contribution in [0.15, 0.2) is 34.9 Å². The van der Waals surface area contributed by atoms with E-state index in [9.17, 15) is 4.79 Å². The van der Waals surface area contributed by atoms with E-state index < -0.39 is 0 Å². The minimum absolute atomic E-state index is 0.462. The van der Waals surface area contributed by atoms with E-state index in [4.69, 9.17) is 16.3 Å². The first-order valence-corrected chi connectivity index (χ1v) is 6.32. The van der Waals surface area contributed by atoms with Crippen molar-refractivity contribution in [3.8, 4) is 11.6 Å². The number of benzene rings is 1. The van der Waals surface area contributed by atoms with Crippen molar-refractivity contribution in [2.24, 2.45) is 0 Å². The zero-order valence-corrected chi connectivity index (χ0v) is 11.8. The molecule has 5 heteroatoms. The lowest BCUT2D eigenvalue weighted by Crippen LogP contribution is -1.94. The molecule has 0 saturated carbocycles. The van der Waals surface area contributed by atoms with E-state index in [-0.39, 0.29) is 0 Å². The number of aromatic nitrogens is 1. The van der Waals surface area contributed by atoms with E-state index in [1.165, 1.54) is 6.20 Å². The van der Waals surface area contributed by atoms with Crippen LogP contribution < -0.4 is 4.74 Å². The first kappa shape index (κ1) is 13.1. The highest BCUT2D eigenvalue weighted by Gasteiger charge is 2.07. The number of hydrogen-bond donors (Lipinski definition) is 0. The van der Waals surface area contributed by atoms with Crippen molar-refractivity contribution < 1.29 is 9.53 Å². The van der Waals surface area contributed by atoms with Gasteiger partial charge in [0.25, 0.3) is 0 Å². The molecule has 0 radical (unpaired) electrons. The Morgan fingerprint density at radius 1 is 1.39 bits per heavy atom. The number of pyridine rings is 1. The molecule has 0 saturated heterocycles. The first-order chi connectivity index (χ1) is 8.60. The van der Waals surface area contributed by atoms with Gasteiger partial charge in [-0.1, -0.05) is 11.6 Å². The second kappa shape index (κ2) is 5.50. The number of aryl methyl sites for hydroxylation is 1. The molecule has 1 aromatic carbocycles. The van der Waals surface area contributed by atoms with Crippen LogP contribution in [-0.2, 0) is 0 Å². The van der Waals surface area contributed by atoms with Crippen LogP contribution in [0.25, 0.3) is 0 Å². The van der Waals surface area contributed by atoms with Gasteiger partial charge in [-0.25, -0.2) is 4.98 Å². The fourth-order valence-electron chi connectivity index (χ4n) is 1.42. The Morgan fingerprint density at radius 2 is 2.17 bits per heavy atom. The highest BCUT2D eigenvalue weighted by molar-refractivity contribution is 9.10. The van der Waals surface area contributed by atoms with Crippen molar-refractivity contribution in [3.63, 3.8) is 0 Å². The molecule has 0 bridgehead atoms. The predicted molar refractivity (Wildman–Crippen MR) is 73.6 cm³/mol. The van der Waals surface area contributed by atoms with Crippen LogP contribution >= 0.6 is 27.5 Å². The van der Waals surface area contributed by atoms with Gasteiger partial charge in [0, 0.05) is 22.3 Å². The molecule has 2 aromatic rings. The Hall–Kier alpha value is -1.39. The molecular weight excluding hydrogens is 318 g/mol. The number of ether oxygens (including phenoxy) is 1. The molecular formula is C13H9BrClNO2. The third-order valence-electron chi connectivity index (χ3n) is 2.29. The normalized spacial score (nSPS) is 10.2. The van der Waals surface area contributed by atoms with Crippen LogP contribution in [0.2, 0.25) is 5.02 Å². The summed E-state index contributed by atoms with van der Waals surface area (Å²) in [6.45, 7) is 1.83. The van der Waals surface area contributed by atoms with E-state index >= 15 is 0 Å². The van der Waals surface area contributed by atoms with Crippen molar-refractivity contribution in [2.75, 3.05) is 0 Å². The molecule has 0 spiro atoms. The van der Waals surface area contributed by atoms with Crippen LogP contribution in [0.3, 0.4) is 0 Å². The topological polar surface area (TPSA) is 39.2 Å². The number of rotatable bonds is 3. The molecule has 3 nitrogen and oxygen atoms in total. The molecule has 92 valence electrons. The molecule has 0 amide bonds. The minimum Gasteiger partial charge on any atom is -0.438 e. The van der Waals surface area contributed by atoms with Crippen LogP contribution in [-0.4, -0.2) is 11.3 Å². The zero-order chi connectivity index (χ0) is 13.1. The molecule has 0 N–H and O–H groups in total. The monoisotopic (exact) mass is 325 g/mol. The Labute approximate surface area is 118 Å². The average molecular weight is 327 g/mol. The number of hydrogen-bond acceptors (Lipinski definition) is 3. The van der Waals surface area contributed by atoms with E-state index in [1.54, 1.807) is 24.3 Å². The van der Waals surface area contributed by atoms with Gasteiger partial charge < -0.3 is 4.74 Å². The maximum Gasteiger partial charge on any atom is 0.222 e. The smallest absolute Gasteiger partial charge is 0.222 e. The number of carbonyl (C=O) groups excluding carboxylic acids is 1. The third-order valence-corrected chi connectivity index (χ3v) is 3.14. The summed E-state index contributed by atoms with van der Waals surface area (Å²) < 4.78 is 6.41. The Kier molecular flexibility index (Phi) is 3.99. The van der Waals surface area contributed by atoms with Gasteiger partial charge in [-0.2, -0.15) is 0 Å². The maximum absolute atomic E-state index is 10.6. The van der Waals surface area contributed by atoms with E-state index in [0.717, 1.165) is 16.3 Å². The molecule has 18 heavy (non-hydrogen) atoms. The third kappa shape index (κ3) is 2.89. The summed E-state index contributed by atoms with van der Waals surface area (Å²) in [6.07, 6.45) is 2.22. The molecule has 0 fully saturated rings. The van der Waals surface area contributed by atoms with Crippen LogP contribution in [0.4, 0.5) is 0 Å². The largest absolute Gasteiger partial charge is 0.438 e. The van der Waals surface area contributed by atoms with E-state index in [2.05, 4.69) is 20.9 Å². The van der Waals surface area contributed by atoms with Gasteiger partial charge in [-0.15, -0.1) is 0 Å². The van der Waals surface area contributed by atoms with Crippen molar-refractivity contribution in [2.45, 2.75) is 6.92 Å². The molecule has 0 unspecified atom stereocenters. The molecule has 1 aromatic heterocycles. The Morgan fingerprint density at radius 3 is 2.78 bits per heavy atom. The predicted octanol–water partition coefficient (Wildman–Crippen LogP) is 4.41. The average Bonchev–Trinajstić information content (AvgIpc) is 2.34. The van der Waals surface area contributed by atoms with Crippen LogP contribution in [0.5, 0.6) is 11.6 Å². The van der Waals surface area contributed by atoms with Crippen molar-refractivity contribution in [1.29, 1.82) is 0 Å². The second-order valence-electron chi connectivity index (χ2n) is 3.69. The summed E-state index contributed by atoms with van der Waals surface area (Å²) in [5, 5.41) is 0.621. The maximum atomic E-state index is 10.6. The fraction of sp³-hybridized carbons (Fsp3) is 0.0769. The highest BCUT2D eigenvalue weighted by atomic mass is 79.9. The lowest BCUT2D eigenvalue weighted by molar-refractivity contribution is 0.112. The molecule has 0 aliphatic rings. The van der Waals surface area contributed by atoms with E-state index in [0.29, 0.717) is 22.2 Å². The first-order valence-electron chi connectivity index (χ1n) is 5.15. The Balaban J connectivity index is 2.31. The quantitative estimate of drug-likeness (QED) is 0.784. The van der Waals surface area contributed by atoms with Gasteiger partial charge >= 0.3 is 0 Å². The second-order valence-corrected chi connectivity index (χ2v) is 4.98. The van der Waals surface area contributed by atoms with Gasteiger partial charge in [-0.3, -0.25) is 4.79 Å². The number of aldehydes is 1. The zero-order valence-electron chi connectivity index (χ0n) is 9.48. The molecule has 1 heterocycles. The van der Waals surface area contributed by atoms with Crippen LogP contribution in [0, 0.1) is 6.92 Å². The molecule has 0 aliphatic heterocycles.